The molecule has 0 spiro atoms. The molecule has 2 unspecified atom stereocenters. The average molecular weight is 341 g/mol. The second kappa shape index (κ2) is 7.04. The van der Waals surface area contributed by atoms with E-state index in [1.54, 1.807) is 0 Å². The fraction of sp³-hybridized carbons (Fsp3) is 0.526. The lowest BCUT2D eigenvalue weighted by Crippen LogP contribution is -2.49. The summed E-state index contributed by atoms with van der Waals surface area (Å²) in [6, 6.07) is 6.69. The number of pyridine rings is 1. The fourth-order valence-electron chi connectivity index (χ4n) is 4.23. The molecule has 2 fully saturated rings. The van der Waals surface area contributed by atoms with Gasteiger partial charge in [0.1, 0.15) is 6.33 Å². The lowest BCUT2D eigenvalue weighted by molar-refractivity contribution is 0.208. The van der Waals surface area contributed by atoms with Crippen LogP contribution in [0.2, 0.25) is 0 Å². The van der Waals surface area contributed by atoms with Gasteiger partial charge in [0.2, 0.25) is 0 Å². The normalized spacial score (nSPS) is 23.7. The van der Waals surface area contributed by atoms with E-state index < -0.39 is 0 Å². The number of hydrogen-bond acceptors (Lipinski definition) is 5. The third-order valence-electron chi connectivity index (χ3n) is 5.53. The first-order chi connectivity index (χ1) is 12.2. The van der Waals surface area contributed by atoms with Crippen molar-refractivity contribution in [2.45, 2.75) is 32.2 Å². The van der Waals surface area contributed by atoms with E-state index in [-0.39, 0.29) is 5.82 Å². The average Bonchev–Trinajstić information content (AvgIpc) is 3.03. The van der Waals surface area contributed by atoms with Crippen molar-refractivity contribution in [1.29, 1.82) is 0 Å². The van der Waals surface area contributed by atoms with Crippen molar-refractivity contribution in [3.63, 3.8) is 0 Å². The molecule has 4 rings (SSSR count). The molecule has 0 aromatic carbocycles. The van der Waals surface area contributed by atoms with Crippen molar-refractivity contribution in [3.05, 3.63) is 47.9 Å². The molecule has 2 aliphatic heterocycles. The monoisotopic (exact) mass is 341 g/mol. The van der Waals surface area contributed by atoms with E-state index in [1.165, 1.54) is 18.9 Å². The van der Waals surface area contributed by atoms with Crippen LogP contribution in [0.4, 0.5) is 10.2 Å². The zero-order chi connectivity index (χ0) is 17.2. The molecule has 2 atom stereocenters. The van der Waals surface area contributed by atoms with Crippen molar-refractivity contribution < 1.29 is 4.39 Å². The molecule has 0 amide bonds. The van der Waals surface area contributed by atoms with E-state index >= 15 is 0 Å². The molecule has 6 heteroatoms. The number of likely N-dealkylation sites (tertiary alicyclic amines) is 1. The summed E-state index contributed by atoms with van der Waals surface area (Å²) in [5, 5.41) is 0. The van der Waals surface area contributed by atoms with Gasteiger partial charge in [0, 0.05) is 43.5 Å². The summed E-state index contributed by atoms with van der Waals surface area (Å²) in [5.74, 6) is 0.835. The number of hydrogen-bond donors (Lipinski definition) is 0. The first-order valence-corrected chi connectivity index (χ1v) is 9.08. The lowest BCUT2D eigenvalue weighted by atomic mass is 9.92. The number of aryl methyl sites for hydroxylation is 1. The zero-order valence-corrected chi connectivity index (χ0v) is 14.6. The summed E-state index contributed by atoms with van der Waals surface area (Å²) in [5.41, 5.74) is 2.22. The molecular formula is C19H24FN5. The molecule has 0 N–H and O–H groups in total. The van der Waals surface area contributed by atoms with E-state index in [2.05, 4.69) is 36.9 Å². The van der Waals surface area contributed by atoms with Crippen molar-refractivity contribution in [2.75, 3.05) is 31.1 Å². The zero-order valence-electron chi connectivity index (χ0n) is 14.6. The van der Waals surface area contributed by atoms with E-state index in [9.17, 15) is 4.39 Å². The van der Waals surface area contributed by atoms with Gasteiger partial charge in [-0.05, 0) is 44.4 Å². The molecule has 0 aliphatic carbocycles. The number of aromatic nitrogens is 3. The van der Waals surface area contributed by atoms with Gasteiger partial charge >= 0.3 is 0 Å². The fourth-order valence-corrected chi connectivity index (χ4v) is 4.23. The predicted molar refractivity (Wildman–Crippen MR) is 95.0 cm³/mol. The van der Waals surface area contributed by atoms with Gasteiger partial charge in [-0.1, -0.05) is 6.07 Å². The Morgan fingerprint density at radius 1 is 1.24 bits per heavy atom. The van der Waals surface area contributed by atoms with Gasteiger partial charge in [0.25, 0.3) is 0 Å². The Bertz CT molecular complexity index is 737. The molecule has 5 nitrogen and oxygen atoms in total. The van der Waals surface area contributed by atoms with Crippen molar-refractivity contribution in [2.24, 2.45) is 5.92 Å². The first-order valence-electron chi connectivity index (χ1n) is 9.08. The van der Waals surface area contributed by atoms with Crippen molar-refractivity contribution in [3.8, 4) is 0 Å². The van der Waals surface area contributed by atoms with Crippen LogP contribution in [0.15, 0.2) is 30.7 Å². The van der Waals surface area contributed by atoms with Crippen molar-refractivity contribution >= 4 is 5.82 Å². The van der Waals surface area contributed by atoms with Crippen LogP contribution in [0.25, 0.3) is 0 Å². The van der Waals surface area contributed by atoms with Crippen LogP contribution in [0.1, 0.15) is 24.2 Å². The molecule has 0 saturated carbocycles. The van der Waals surface area contributed by atoms with E-state index in [0.29, 0.717) is 17.8 Å². The number of halogens is 1. The SMILES string of the molecule is Cc1cccc(CCN2CCC3CCN(c4ncncc4F)CC32)n1. The number of nitrogens with zero attached hydrogens (tertiary/aromatic N) is 5. The minimum atomic E-state index is -0.325. The molecule has 25 heavy (non-hydrogen) atoms. The number of rotatable bonds is 4. The Labute approximate surface area is 147 Å². The van der Waals surface area contributed by atoms with E-state index in [4.69, 9.17) is 0 Å². The maximum absolute atomic E-state index is 14.0. The molecule has 2 saturated heterocycles. The molecule has 2 aromatic rings. The maximum atomic E-state index is 14.0. The maximum Gasteiger partial charge on any atom is 0.183 e. The molecule has 0 bridgehead atoms. The van der Waals surface area contributed by atoms with Crippen molar-refractivity contribution in [1.82, 2.24) is 19.9 Å². The quantitative estimate of drug-likeness (QED) is 0.855. The number of fused-ring (bicyclic) bond motifs is 1. The summed E-state index contributed by atoms with van der Waals surface area (Å²) in [7, 11) is 0. The Balaban J connectivity index is 1.42. The summed E-state index contributed by atoms with van der Waals surface area (Å²) < 4.78 is 14.0. The summed E-state index contributed by atoms with van der Waals surface area (Å²) in [6.07, 6.45) is 6.00. The molecule has 4 heterocycles. The van der Waals surface area contributed by atoms with Crippen LogP contribution >= 0.6 is 0 Å². The van der Waals surface area contributed by atoms with Crippen LogP contribution in [0, 0.1) is 18.7 Å². The van der Waals surface area contributed by atoms with Gasteiger partial charge < -0.3 is 4.90 Å². The first kappa shape index (κ1) is 16.4. The molecule has 0 radical (unpaired) electrons. The molecule has 2 aliphatic rings. The third-order valence-corrected chi connectivity index (χ3v) is 5.53. The van der Waals surface area contributed by atoms with Crippen LogP contribution in [-0.2, 0) is 6.42 Å². The highest BCUT2D eigenvalue weighted by Gasteiger charge is 2.38. The highest BCUT2D eigenvalue weighted by atomic mass is 19.1. The second-order valence-electron chi connectivity index (χ2n) is 7.10. The predicted octanol–water partition coefficient (Wildman–Crippen LogP) is 2.46. The molecular weight excluding hydrogens is 317 g/mol. The van der Waals surface area contributed by atoms with Gasteiger partial charge in [-0.2, -0.15) is 0 Å². The Morgan fingerprint density at radius 2 is 2.12 bits per heavy atom. The van der Waals surface area contributed by atoms with Gasteiger partial charge in [-0.3, -0.25) is 9.88 Å². The Morgan fingerprint density at radius 3 is 2.96 bits per heavy atom. The second-order valence-corrected chi connectivity index (χ2v) is 7.10. The number of anilines is 1. The molecule has 132 valence electrons. The topological polar surface area (TPSA) is 45.2 Å². The minimum Gasteiger partial charge on any atom is -0.352 e. The minimum absolute atomic E-state index is 0.325. The number of piperidine rings is 1. The highest BCUT2D eigenvalue weighted by molar-refractivity contribution is 5.39. The van der Waals surface area contributed by atoms with Gasteiger partial charge in [-0.15, -0.1) is 0 Å². The van der Waals surface area contributed by atoms with Gasteiger partial charge in [0.15, 0.2) is 11.6 Å². The van der Waals surface area contributed by atoms with Crippen LogP contribution in [0.5, 0.6) is 0 Å². The summed E-state index contributed by atoms with van der Waals surface area (Å²) in [4.78, 5) is 17.2. The third kappa shape index (κ3) is 3.49. The largest absolute Gasteiger partial charge is 0.352 e. The van der Waals surface area contributed by atoms with Gasteiger partial charge in [-0.25, -0.2) is 14.4 Å². The highest BCUT2D eigenvalue weighted by Crippen LogP contribution is 2.33. The Hall–Kier alpha value is -2.08. The summed E-state index contributed by atoms with van der Waals surface area (Å²) >= 11 is 0. The molecule has 2 aromatic heterocycles. The van der Waals surface area contributed by atoms with Crippen LogP contribution in [-0.4, -0.2) is 52.1 Å². The van der Waals surface area contributed by atoms with E-state index in [0.717, 1.165) is 50.4 Å². The standard InChI is InChI=1S/C19H24FN5/c1-14-3-2-4-16(23-14)7-10-24-8-5-15-6-9-25(12-18(15)24)19-17(20)11-21-13-22-19/h2-4,11,13,15,18H,5-10,12H2,1H3. The Kier molecular flexibility index (Phi) is 4.61. The van der Waals surface area contributed by atoms with Crippen LogP contribution in [0.3, 0.4) is 0 Å². The smallest absolute Gasteiger partial charge is 0.183 e. The lowest BCUT2D eigenvalue weighted by Gasteiger charge is -2.39. The van der Waals surface area contributed by atoms with E-state index in [1.807, 2.05) is 13.0 Å². The van der Waals surface area contributed by atoms with Crippen LogP contribution < -0.4 is 4.90 Å². The van der Waals surface area contributed by atoms with Gasteiger partial charge in [0.05, 0.1) is 6.20 Å². The summed E-state index contributed by atoms with van der Waals surface area (Å²) in [6.45, 7) is 5.89.